The lowest BCUT2D eigenvalue weighted by Crippen LogP contribution is -2.48. The topological polar surface area (TPSA) is 75.7 Å². The minimum atomic E-state index is -0.251. The molecule has 3 aromatic heterocycles. The van der Waals surface area contributed by atoms with E-state index in [1.807, 2.05) is 27.7 Å². The van der Waals surface area contributed by atoms with Crippen molar-refractivity contribution in [2.24, 2.45) is 0 Å². The smallest absolute Gasteiger partial charge is 0.272 e. The van der Waals surface area contributed by atoms with Crippen LogP contribution in [-0.2, 0) is 17.8 Å². The van der Waals surface area contributed by atoms with Gasteiger partial charge in [-0.15, -0.1) is 21.5 Å². The highest BCUT2D eigenvalue weighted by molar-refractivity contribution is 7.17. The summed E-state index contributed by atoms with van der Waals surface area (Å²) in [6, 6.07) is 8.35. The van der Waals surface area contributed by atoms with E-state index in [0.717, 1.165) is 11.2 Å². The Kier molecular flexibility index (Phi) is 5.38. The minimum Gasteiger partial charge on any atom is -0.368 e. The Labute approximate surface area is 187 Å². The maximum absolute atomic E-state index is 13.2. The van der Waals surface area contributed by atoms with Gasteiger partial charge in [0.1, 0.15) is 16.3 Å². The number of fused-ring (bicyclic) bond motifs is 3. The van der Waals surface area contributed by atoms with Crippen LogP contribution in [0, 0.1) is 5.82 Å². The highest BCUT2D eigenvalue weighted by Crippen LogP contribution is 2.21. The summed E-state index contributed by atoms with van der Waals surface area (Å²) in [4.78, 5) is 29.6. The van der Waals surface area contributed by atoms with Gasteiger partial charge in [0.05, 0.1) is 5.52 Å². The van der Waals surface area contributed by atoms with Crippen LogP contribution in [0.2, 0.25) is 0 Å². The van der Waals surface area contributed by atoms with E-state index in [0.29, 0.717) is 61.9 Å². The van der Waals surface area contributed by atoms with Crippen molar-refractivity contribution in [1.82, 2.24) is 24.1 Å². The summed E-state index contributed by atoms with van der Waals surface area (Å²) in [5.41, 5.74) is 1.70. The quantitative estimate of drug-likeness (QED) is 0.463. The number of carbonyl (C=O) groups excluding carboxylic acids is 1. The van der Waals surface area contributed by atoms with E-state index >= 15 is 0 Å². The molecule has 4 heterocycles. The number of thiophene rings is 1. The molecule has 0 spiro atoms. The molecule has 0 radical (unpaired) electrons. The lowest BCUT2D eigenvalue weighted by molar-refractivity contribution is -0.131. The average Bonchev–Trinajstić information content (AvgIpc) is 3.46. The lowest BCUT2D eigenvalue weighted by atomic mass is 10.2. The standard InChI is InChI=1S/C22H23FN6O2S/c1-2-28-21(31)20-17(9-14-32-20)29-18(24-25-22(28)29)7-8-19(30)27-12-10-26(11-13-27)16-5-3-15(23)4-6-16/h3-6,9,14H,2,7-8,10-13H2,1H3. The first kappa shape index (κ1) is 20.6. The Balaban J connectivity index is 1.28. The molecule has 0 saturated carbocycles. The number of aromatic nitrogens is 4. The molecular weight excluding hydrogens is 431 g/mol. The Hall–Kier alpha value is -3.27. The van der Waals surface area contributed by atoms with Crippen LogP contribution in [0.1, 0.15) is 19.2 Å². The van der Waals surface area contributed by atoms with Crippen molar-refractivity contribution in [2.75, 3.05) is 31.1 Å². The number of amides is 1. The number of hydrogen-bond donors (Lipinski definition) is 0. The molecule has 5 rings (SSSR count). The molecule has 1 fully saturated rings. The molecular formula is C22H23FN6O2S. The molecule has 10 heteroatoms. The summed E-state index contributed by atoms with van der Waals surface area (Å²) in [6.07, 6.45) is 0.777. The number of hydrogen-bond acceptors (Lipinski definition) is 6. The number of rotatable bonds is 5. The molecule has 0 aliphatic carbocycles. The van der Waals surface area contributed by atoms with Crippen molar-refractivity contribution in [3.63, 3.8) is 0 Å². The van der Waals surface area contributed by atoms with Crippen LogP contribution < -0.4 is 10.5 Å². The molecule has 1 aromatic carbocycles. The van der Waals surface area contributed by atoms with Crippen LogP contribution in [0.5, 0.6) is 0 Å². The Morgan fingerprint density at radius 1 is 1.09 bits per heavy atom. The predicted octanol–water partition coefficient (Wildman–Crippen LogP) is 2.55. The van der Waals surface area contributed by atoms with Crippen LogP contribution in [-0.4, -0.2) is 56.2 Å². The monoisotopic (exact) mass is 454 g/mol. The number of benzene rings is 1. The Morgan fingerprint density at radius 3 is 2.56 bits per heavy atom. The number of aryl methyl sites for hydroxylation is 2. The van der Waals surface area contributed by atoms with E-state index in [1.165, 1.54) is 23.5 Å². The second kappa shape index (κ2) is 8.34. The van der Waals surface area contributed by atoms with Gasteiger partial charge in [0.15, 0.2) is 0 Å². The predicted molar refractivity (Wildman–Crippen MR) is 122 cm³/mol. The summed E-state index contributed by atoms with van der Waals surface area (Å²) in [7, 11) is 0. The molecule has 166 valence electrons. The second-order valence-corrected chi connectivity index (χ2v) is 8.70. The molecule has 1 amide bonds. The fourth-order valence-corrected chi connectivity index (χ4v) is 5.09. The molecule has 0 bridgehead atoms. The van der Waals surface area contributed by atoms with Crippen molar-refractivity contribution in [3.05, 3.63) is 57.7 Å². The molecule has 1 saturated heterocycles. The minimum absolute atomic E-state index is 0.0564. The summed E-state index contributed by atoms with van der Waals surface area (Å²) >= 11 is 1.41. The fourth-order valence-electron chi connectivity index (χ4n) is 4.27. The van der Waals surface area contributed by atoms with Crippen molar-refractivity contribution >= 4 is 38.9 Å². The zero-order valence-corrected chi connectivity index (χ0v) is 18.5. The van der Waals surface area contributed by atoms with Crippen molar-refractivity contribution in [1.29, 1.82) is 0 Å². The first-order chi connectivity index (χ1) is 15.6. The largest absolute Gasteiger partial charge is 0.368 e. The maximum atomic E-state index is 13.2. The molecule has 8 nitrogen and oxygen atoms in total. The normalized spacial score (nSPS) is 14.6. The van der Waals surface area contributed by atoms with E-state index in [9.17, 15) is 14.0 Å². The number of halogens is 1. The van der Waals surface area contributed by atoms with Gasteiger partial charge in [-0.25, -0.2) is 4.39 Å². The number of nitrogens with zero attached hydrogens (tertiary/aromatic N) is 6. The molecule has 1 aliphatic rings. The van der Waals surface area contributed by atoms with Gasteiger partial charge in [0.25, 0.3) is 5.56 Å². The third kappa shape index (κ3) is 3.54. The van der Waals surface area contributed by atoms with Crippen molar-refractivity contribution < 1.29 is 9.18 Å². The molecule has 0 atom stereocenters. The summed E-state index contributed by atoms with van der Waals surface area (Å²) in [5, 5.41) is 10.4. The first-order valence-electron chi connectivity index (χ1n) is 10.7. The zero-order valence-electron chi connectivity index (χ0n) is 17.7. The van der Waals surface area contributed by atoms with Crippen molar-refractivity contribution in [3.8, 4) is 0 Å². The maximum Gasteiger partial charge on any atom is 0.272 e. The first-order valence-corrected chi connectivity index (χ1v) is 11.6. The van der Waals surface area contributed by atoms with Gasteiger partial charge in [-0.2, -0.15) is 0 Å². The van der Waals surface area contributed by atoms with Crippen LogP contribution in [0.25, 0.3) is 16.0 Å². The van der Waals surface area contributed by atoms with Gasteiger partial charge >= 0.3 is 0 Å². The van der Waals surface area contributed by atoms with E-state index in [4.69, 9.17) is 0 Å². The van der Waals surface area contributed by atoms with Gasteiger partial charge in [-0.05, 0) is 42.6 Å². The zero-order chi connectivity index (χ0) is 22.2. The molecule has 32 heavy (non-hydrogen) atoms. The number of anilines is 1. The fraction of sp³-hybridized carbons (Fsp3) is 0.364. The summed E-state index contributed by atoms with van der Waals surface area (Å²) < 4.78 is 17.3. The number of piperazine rings is 1. The summed E-state index contributed by atoms with van der Waals surface area (Å²) in [6.45, 7) is 5.09. The van der Waals surface area contributed by atoms with E-state index < -0.39 is 0 Å². The second-order valence-electron chi connectivity index (χ2n) is 7.78. The van der Waals surface area contributed by atoms with Crippen LogP contribution in [0.15, 0.2) is 40.5 Å². The number of carbonyl (C=O) groups is 1. The van der Waals surface area contributed by atoms with Gasteiger partial charge in [-0.3, -0.25) is 18.6 Å². The van der Waals surface area contributed by atoms with Crippen LogP contribution >= 0.6 is 11.3 Å². The summed E-state index contributed by atoms with van der Waals surface area (Å²) in [5.74, 6) is 1.02. The molecule has 1 aliphatic heterocycles. The van der Waals surface area contributed by atoms with Gasteiger partial charge in [-0.1, -0.05) is 0 Å². The SMILES string of the molecule is CCn1c(=O)c2sccc2n2c(CCC(=O)N3CCN(c4ccc(F)cc4)CC3)nnc12. The van der Waals surface area contributed by atoms with E-state index in [1.54, 1.807) is 16.7 Å². The van der Waals surface area contributed by atoms with E-state index in [-0.39, 0.29) is 17.3 Å². The van der Waals surface area contributed by atoms with Gasteiger partial charge in [0.2, 0.25) is 11.7 Å². The molecule has 4 aromatic rings. The Bertz CT molecular complexity index is 1330. The molecule has 0 unspecified atom stereocenters. The van der Waals surface area contributed by atoms with Crippen molar-refractivity contribution in [2.45, 2.75) is 26.3 Å². The third-order valence-electron chi connectivity index (χ3n) is 5.98. The third-order valence-corrected chi connectivity index (χ3v) is 6.87. The highest BCUT2D eigenvalue weighted by atomic mass is 32.1. The Morgan fingerprint density at radius 2 is 1.84 bits per heavy atom. The van der Waals surface area contributed by atoms with Crippen LogP contribution in [0.4, 0.5) is 10.1 Å². The van der Waals surface area contributed by atoms with Gasteiger partial charge in [0, 0.05) is 51.3 Å². The van der Waals surface area contributed by atoms with Gasteiger partial charge < -0.3 is 9.80 Å². The lowest BCUT2D eigenvalue weighted by Gasteiger charge is -2.36. The van der Waals surface area contributed by atoms with Crippen LogP contribution in [0.3, 0.4) is 0 Å². The molecule has 0 N–H and O–H groups in total. The average molecular weight is 455 g/mol. The van der Waals surface area contributed by atoms with E-state index in [2.05, 4.69) is 15.1 Å². The highest BCUT2D eigenvalue weighted by Gasteiger charge is 2.23.